The second kappa shape index (κ2) is 5.66. The summed E-state index contributed by atoms with van der Waals surface area (Å²) in [6, 6.07) is 4.98. The van der Waals surface area contributed by atoms with Gasteiger partial charge in [-0.05, 0) is 6.07 Å². The molecule has 8 heteroatoms. The Morgan fingerprint density at radius 2 is 2.29 bits per heavy atom. The predicted octanol–water partition coefficient (Wildman–Crippen LogP) is 0.637. The number of hydrogen-bond acceptors (Lipinski definition) is 6. The number of nitrogens with two attached hydrogens (primary N) is 1. The van der Waals surface area contributed by atoms with E-state index < -0.39 is 6.09 Å². The summed E-state index contributed by atoms with van der Waals surface area (Å²) in [5, 5.41) is 2.40. The third-order valence-electron chi connectivity index (χ3n) is 3.14. The number of hydrogen-bond donors (Lipinski definition) is 1. The van der Waals surface area contributed by atoms with Gasteiger partial charge < -0.3 is 15.0 Å². The molecular formula is C13H14N4O3S. The Morgan fingerprint density at radius 3 is 3.00 bits per heavy atom. The zero-order valence-electron chi connectivity index (χ0n) is 11.1. The van der Waals surface area contributed by atoms with Crippen molar-refractivity contribution in [2.45, 2.75) is 12.6 Å². The van der Waals surface area contributed by atoms with E-state index in [1.165, 1.54) is 22.3 Å². The minimum Gasteiger partial charge on any atom is -0.443 e. The van der Waals surface area contributed by atoms with E-state index in [1.54, 1.807) is 22.9 Å². The molecule has 0 radical (unpaired) electrons. The molecule has 0 aliphatic carbocycles. The molecule has 3 rings (SSSR count). The molecule has 0 bridgehead atoms. The van der Waals surface area contributed by atoms with Crippen LogP contribution < -0.4 is 16.2 Å². The minimum atomic E-state index is -0.428. The van der Waals surface area contributed by atoms with E-state index in [2.05, 4.69) is 4.98 Å². The maximum absolute atomic E-state index is 11.7. The second-order valence-electron chi connectivity index (χ2n) is 4.64. The first-order valence-corrected chi connectivity index (χ1v) is 7.33. The minimum absolute atomic E-state index is 0.0872. The summed E-state index contributed by atoms with van der Waals surface area (Å²) >= 11 is 1.35. The molecule has 1 fully saturated rings. The maximum atomic E-state index is 11.7. The molecule has 1 saturated heterocycles. The molecule has 0 unspecified atom stereocenters. The van der Waals surface area contributed by atoms with Crippen LogP contribution in [0.25, 0.3) is 0 Å². The van der Waals surface area contributed by atoms with Crippen molar-refractivity contribution >= 4 is 22.6 Å². The van der Waals surface area contributed by atoms with Gasteiger partial charge in [0.1, 0.15) is 6.10 Å². The Morgan fingerprint density at radius 1 is 1.43 bits per heavy atom. The number of carbonyl (C=O) groups is 1. The number of rotatable bonds is 4. The molecule has 2 aromatic rings. The number of aromatic nitrogens is 2. The van der Waals surface area contributed by atoms with Gasteiger partial charge >= 0.3 is 6.09 Å². The Bertz CT molecular complexity index is 711. The van der Waals surface area contributed by atoms with Gasteiger partial charge in [0.15, 0.2) is 5.13 Å². The molecule has 110 valence electrons. The van der Waals surface area contributed by atoms with Crippen molar-refractivity contribution in [1.82, 2.24) is 9.55 Å². The molecule has 0 aromatic carbocycles. The lowest BCUT2D eigenvalue weighted by Gasteiger charge is -2.07. The molecule has 1 aliphatic heterocycles. The van der Waals surface area contributed by atoms with Crippen molar-refractivity contribution in [3.05, 3.63) is 45.8 Å². The predicted molar refractivity (Wildman–Crippen MR) is 78.6 cm³/mol. The van der Waals surface area contributed by atoms with E-state index in [0.29, 0.717) is 24.8 Å². The Hall–Kier alpha value is -2.19. The standard InChI is InChI=1S/C13H14N4O3S/c14-5-10-7-17(13(19)20-10)12-15-9(8-21-12)6-16-4-2-1-3-11(16)18/h1-4,8,10H,5-7,14H2/t10-/m0/s1. The highest BCUT2D eigenvalue weighted by atomic mass is 32.1. The lowest BCUT2D eigenvalue weighted by molar-refractivity contribution is 0.145. The van der Waals surface area contributed by atoms with Crippen LogP contribution in [0.3, 0.4) is 0 Å². The summed E-state index contributed by atoms with van der Waals surface area (Å²) < 4.78 is 6.66. The molecule has 3 heterocycles. The summed E-state index contributed by atoms with van der Waals surface area (Å²) in [5.74, 6) is 0. The molecule has 21 heavy (non-hydrogen) atoms. The molecule has 1 atom stereocenters. The number of cyclic esters (lactones) is 1. The van der Waals surface area contributed by atoms with Crippen LogP contribution in [0, 0.1) is 0 Å². The fourth-order valence-corrected chi connectivity index (χ4v) is 2.87. The summed E-state index contributed by atoms with van der Waals surface area (Å²) in [6.07, 6.45) is 0.987. The first-order valence-electron chi connectivity index (χ1n) is 6.45. The lowest BCUT2D eigenvalue weighted by Crippen LogP contribution is -2.27. The number of carbonyl (C=O) groups excluding carboxylic acids is 1. The number of anilines is 1. The number of amides is 1. The molecular weight excluding hydrogens is 292 g/mol. The van der Waals surface area contributed by atoms with Crippen molar-refractivity contribution in [1.29, 1.82) is 0 Å². The summed E-state index contributed by atoms with van der Waals surface area (Å²) in [6.45, 7) is 1.08. The Labute approximate surface area is 124 Å². The van der Waals surface area contributed by atoms with Crippen LogP contribution in [0.5, 0.6) is 0 Å². The van der Waals surface area contributed by atoms with E-state index in [0.717, 1.165) is 5.69 Å². The van der Waals surface area contributed by atoms with Gasteiger partial charge in [-0.25, -0.2) is 14.7 Å². The monoisotopic (exact) mass is 306 g/mol. The van der Waals surface area contributed by atoms with Gasteiger partial charge in [-0.2, -0.15) is 0 Å². The summed E-state index contributed by atoms with van der Waals surface area (Å²) in [4.78, 5) is 29.2. The van der Waals surface area contributed by atoms with Crippen molar-refractivity contribution in [3.63, 3.8) is 0 Å². The van der Waals surface area contributed by atoms with E-state index >= 15 is 0 Å². The fraction of sp³-hybridized carbons (Fsp3) is 0.308. The van der Waals surface area contributed by atoms with Crippen LogP contribution in [-0.2, 0) is 11.3 Å². The average molecular weight is 306 g/mol. The second-order valence-corrected chi connectivity index (χ2v) is 5.48. The largest absolute Gasteiger partial charge is 0.443 e. The van der Waals surface area contributed by atoms with E-state index in [4.69, 9.17) is 10.5 Å². The van der Waals surface area contributed by atoms with Gasteiger partial charge in [0.05, 0.1) is 18.8 Å². The van der Waals surface area contributed by atoms with E-state index in [1.807, 2.05) is 5.38 Å². The van der Waals surface area contributed by atoms with Crippen LogP contribution in [0.4, 0.5) is 9.93 Å². The zero-order valence-corrected chi connectivity index (χ0v) is 12.0. The van der Waals surface area contributed by atoms with E-state index in [-0.39, 0.29) is 11.7 Å². The third-order valence-corrected chi connectivity index (χ3v) is 4.05. The van der Waals surface area contributed by atoms with Crippen LogP contribution in [-0.4, -0.2) is 34.8 Å². The van der Waals surface area contributed by atoms with Gasteiger partial charge in [-0.1, -0.05) is 6.07 Å². The molecule has 2 N–H and O–H groups in total. The number of nitrogens with zero attached hydrogens (tertiary/aromatic N) is 3. The highest BCUT2D eigenvalue weighted by Crippen LogP contribution is 2.25. The van der Waals surface area contributed by atoms with E-state index in [9.17, 15) is 9.59 Å². The third kappa shape index (κ3) is 2.81. The van der Waals surface area contributed by atoms with Crippen molar-refractivity contribution in [3.8, 4) is 0 Å². The van der Waals surface area contributed by atoms with Crippen LogP contribution in [0.1, 0.15) is 5.69 Å². The van der Waals surface area contributed by atoms with Gasteiger partial charge in [0, 0.05) is 24.2 Å². The SMILES string of the molecule is NC[C@H]1CN(c2nc(Cn3ccccc3=O)cs2)C(=O)O1. The maximum Gasteiger partial charge on any atom is 0.416 e. The molecule has 0 spiro atoms. The normalized spacial score (nSPS) is 18.0. The van der Waals surface area contributed by atoms with Crippen molar-refractivity contribution in [2.75, 3.05) is 18.0 Å². The highest BCUT2D eigenvalue weighted by molar-refractivity contribution is 7.14. The van der Waals surface area contributed by atoms with Crippen LogP contribution >= 0.6 is 11.3 Å². The van der Waals surface area contributed by atoms with Crippen molar-refractivity contribution < 1.29 is 9.53 Å². The summed E-state index contributed by atoms with van der Waals surface area (Å²) in [7, 11) is 0. The Kier molecular flexibility index (Phi) is 3.72. The first kappa shape index (κ1) is 13.8. The van der Waals surface area contributed by atoms with Crippen molar-refractivity contribution in [2.24, 2.45) is 5.73 Å². The molecule has 0 saturated carbocycles. The van der Waals surface area contributed by atoms with Gasteiger partial charge in [-0.15, -0.1) is 11.3 Å². The molecule has 1 amide bonds. The Balaban J connectivity index is 1.77. The highest BCUT2D eigenvalue weighted by Gasteiger charge is 2.33. The molecule has 1 aliphatic rings. The first-order chi connectivity index (χ1) is 10.2. The number of pyridine rings is 1. The van der Waals surface area contributed by atoms with Gasteiger partial charge in [-0.3, -0.25) is 4.79 Å². The molecule has 2 aromatic heterocycles. The summed E-state index contributed by atoms with van der Waals surface area (Å²) in [5.41, 5.74) is 6.14. The number of thiazole rings is 1. The average Bonchev–Trinajstić information content (AvgIpc) is 3.07. The number of ether oxygens (including phenoxy) is 1. The smallest absolute Gasteiger partial charge is 0.416 e. The lowest BCUT2D eigenvalue weighted by atomic mass is 10.3. The zero-order chi connectivity index (χ0) is 14.8. The fourth-order valence-electron chi connectivity index (χ4n) is 2.06. The van der Waals surface area contributed by atoms with Gasteiger partial charge in [0.2, 0.25) is 0 Å². The van der Waals surface area contributed by atoms with Crippen LogP contribution in [0.2, 0.25) is 0 Å². The topological polar surface area (TPSA) is 90.5 Å². The van der Waals surface area contributed by atoms with Crippen LogP contribution in [0.15, 0.2) is 34.6 Å². The molecule has 7 nitrogen and oxygen atoms in total. The quantitative estimate of drug-likeness (QED) is 0.895. The van der Waals surface area contributed by atoms with Gasteiger partial charge in [0.25, 0.3) is 5.56 Å².